The highest BCUT2D eigenvalue weighted by atomic mass is 19.1. The highest BCUT2D eigenvalue weighted by Gasteiger charge is 2.59. The van der Waals surface area contributed by atoms with Crippen molar-refractivity contribution in [1.82, 2.24) is 0 Å². The molecule has 0 aromatic carbocycles. The summed E-state index contributed by atoms with van der Waals surface area (Å²) in [7, 11) is 0. The van der Waals surface area contributed by atoms with Crippen LogP contribution < -0.4 is 0 Å². The molecule has 0 aromatic rings. The van der Waals surface area contributed by atoms with Gasteiger partial charge in [-0.3, -0.25) is 0 Å². The quantitative estimate of drug-likeness (QED) is 0.467. The fraction of sp³-hybridized carbons (Fsp3) is 0.800. The first-order chi connectivity index (χ1) is 5.29. The van der Waals surface area contributed by atoms with E-state index in [1.807, 2.05) is 0 Å². The summed E-state index contributed by atoms with van der Waals surface area (Å²) in [4.78, 5) is 0. The van der Waals surface area contributed by atoms with Crippen molar-refractivity contribution >= 4 is 0 Å². The highest BCUT2D eigenvalue weighted by molar-refractivity contribution is 5.20. The van der Waals surface area contributed by atoms with Gasteiger partial charge < -0.3 is 0 Å². The molecule has 0 nitrogen and oxygen atoms in total. The van der Waals surface area contributed by atoms with Crippen molar-refractivity contribution in [3.05, 3.63) is 12.2 Å². The van der Waals surface area contributed by atoms with Crippen LogP contribution in [0.2, 0.25) is 0 Å². The van der Waals surface area contributed by atoms with Crippen LogP contribution in [0.25, 0.3) is 0 Å². The summed E-state index contributed by atoms with van der Waals surface area (Å²) >= 11 is 0. The summed E-state index contributed by atoms with van der Waals surface area (Å²) in [6.45, 7) is 2.07. The maximum Gasteiger partial charge on any atom is 0.107 e. The Morgan fingerprint density at radius 1 is 1.18 bits per heavy atom. The lowest BCUT2D eigenvalue weighted by atomic mass is 9.60. The van der Waals surface area contributed by atoms with E-state index in [-0.39, 0.29) is 0 Å². The zero-order valence-electron chi connectivity index (χ0n) is 6.70. The van der Waals surface area contributed by atoms with Crippen LogP contribution in [-0.2, 0) is 0 Å². The van der Waals surface area contributed by atoms with E-state index in [2.05, 4.69) is 19.1 Å². The van der Waals surface area contributed by atoms with Gasteiger partial charge in [-0.2, -0.15) is 0 Å². The minimum Gasteiger partial charge on any atom is -0.247 e. The number of hydrogen-bond donors (Lipinski definition) is 0. The second-order valence-corrected chi connectivity index (χ2v) is 4.41. The van der Waals surface area contributed by atoms with Gasteiger partial charge in [-0.15, -0.1) is 0 Å². The lowest BCUT2D eigenvalue weighted by Crippen LogP contribution is -2.49. The Bertz CT molecular complexity index is 199. The number of rotatable bonds is 0. The molecular weight excluding hydrogens is 139 g/mol. The van der Waals surface area contributed by atoms with Crippen LogP contribution in [-0.4, -0.2) is 6.17 Å². The van der Waals surface area contributed by atoms with E-state index in [4.69, 9.17) is 0 Å². The average molecular weight is 152 g/mol. The molecule has 6 atom stereocenters. The Balaban J connectivity index is 1.96. The summed E-state index contributed by atoms with van der Waals surface area (Å²) in [5, 5.41) is 0. The fourth-order valence-corrected chi connectivity index (χ4v) is 3.50. The molecule has 2 bridgehead atoms. The van der Waals surface area contributed by atoms with Gasteiger partial charge in [0.1, 0.15) is 6.17 Å². The fourth-order valence-electron chi connectivity index (χ4n) is 3.50. The predicted molar refractivity (Wildman–Crippen MR) is 41.8 cm³/mol. The molecule has 0 heterocycles. The van der Waals surface area contributed by atoms with Gasteiger partial charge in [0.05, 0.1) is 0 Å². The van der Waals surface area contributed by atoms with Crippen LogP contribution in [0.3, 0.4) is 0 Å². The van der Waals surface area contributed by atoms with Crippen LogP contribution in [0.4, 0.5) is 4.39 Å². The van der Waals surface area contributed by atoms with Crippen LogP contribution in [0.5, 0.6) is 0 Å². The molecule has 2 saturated carbocycles. The standard InChI is InChI=1S/C10H13F/c1-5-8-6-2-3-7(4-6)9(8)10(5)11/h2-3,5-10H,4H2,1H3. The minimum atomic E-state index is -0.486. The third kappa shape index (κ3) is 0.533. The van der Waals surface area contributed by atoms with Gasteiger partial charge in [0.15, 0.2) is 0 Å². The second kappa shape index (κ2) is 1.70. The maximum atomic E-state index is 13.3. The molecule has 0 aliphatic heterocycles. The van der Waals surface area contributed by atoms with Gasteiger partial charge in [-0.05, 0) is 30.1 Å². The van der Waals surface area contributed by atoms with Crippen molar-refractivity contribution in [2.45, 2.75) is 19.5 Å². The van der Waals surface area contributed by atoms with Gasteiger partial charge >= 0.3 is 0 Å². The Morgan fingerprint density at radius 3 is 2.45 bits per heavy atom. The maximum absolute atomic E-state index is 13.3. The van der Waals surface area contributed by atoms with E-state index in [1.54, 1.807) is 0 Å². The Kier molecular flexibility index (Phi) is 0.961. The minimum absolute atomic E-state index is 0.347. The molecule has 2 fully saturated rings. The average Bonchev–Trinajstić information content (AvgIpc) is 2.58. The van der Waals surface area contributed by atoms with Crippen LogP contribution in [0.15, 0.2) is 12.2 Å². The van der Waals surface area contributed by atoms with Crippen molar-refractivity contribution in [3.8, 4) is 0 Å². The topological polar surface area (TPSA) is 0 Å². The molecule has 0 N–H and O–H groups in total. The molecule has 3 aliphatic rings. The molecular formula is C10H13F. The smallest absolute Gasteiger partial charge is 0.107 e. The molecule has 6 unspecified atom stereocenters. The van der Waals surface area contributed by atoms with E-state index < -0.39 is 6.17 Å². The molecule has 0 spiro atoms. The van der Waals surface area contributed by atoms with E-state index in [0.29, 0.717) is 23.7 Å². The third-order valence-corrected chi connectivity index (χ3v) is 4.06. The van der Waals surface area contributed by atoms with Crippen molar-refractivity contribution in [3.63, 3.8) is 0 Å². The van der Waals surface area contributed by atoms with Gasteiger partial charge in [-0.25, -0.2) is 4.39 Å². The first-order valence-electron chi connectivity index (χ1n) is 4.61. The van der Waals surface area contributed by atoms with Gasteiger partial charge in [-0.1, -0.05) is 19.1 Å². The lowest BCUT2D eigenvalue weighted by molar-refractivity contribution is -0.0429. The Hall–Kier alpha value is -0.330. The number of alkyl halides is 1. The second-order valence-electron chi connectivity index (χ2n) is 4.41. The number of fused-ring (bicyclic) bond motifs is 5. The lowest BCUT2D eigenvalue weighted by Gasteiger charge is -2.47. The first-order valence-corrected chi connectivity index (χ1v) is 4.61. The molecule has 0 saturated heterocycles. The third-order valence-electron chi connectivity index (χ3n) is 4.06. The summed E-state index contributed by atoms with van der Waals surface area (Å²) in [6, 6.07) is 0. The van der Waals surface area contributed by atoms with E-state index >= 15 is 0 Å². The SMILES string of the molecule is CC1C(F)C2C3C=CC(C3)C12. The van der Waals surface area contributed by atoms with Gasteiger partial charge in [0, 0.05) is 5.92 Å². The molecule has 1 heteroatoms. The van der Waals surface area contributed by atoms with Crippen molar-refractivity contribution in [1.29, 1.82) is 0 Å². The predicted octanol–water partition coefficient (Wildman–Crippen LogP) is 2.41. The van der Waals surface area contributed by atoms with Gasteiger partial charge in [0.25, 0.3) is 0 Å². The normalized spacial score (nSPS) is 64.5. The number of hydrogen-bond acceptors (Lipinski definition) is 0. The molecule has 0 radical (unpaired) electrons. The molecule has 0 aromatic heterocycles. The van der Waals surface area contributed by atoms with Crippen molar-refractivity contribution in [2.75, 3.05) is 0 Å². The molecule has 3 aliphatic carbocycles. The number of allylic oxidation sites excluding steroid dienone is 2. The van der Waals surface area contributed by atoms with E-state index in [1.165, 1.54) is 6.42 Å². The molecule has 11 heavy (non-hydrogen) atoms. The summed E-state index contributed by atoms with van der Waals surface area (Å²) in [6.07, 6.45) is 5.32. The van der Waals surface area contributed by atoms with Crippen molar-refractivity contribution < 1.29 is 4.39 Å². The monoisotopic (exact) mass is 152 g/mol. The van der Waals surface area contributed by atoms with Crippen molar-refractivity contribution in [2.24, 2.45) is 29.6 Å². The summed E-state index contributed by atoms with van der Waals surface area (Å²) in [5.74, 6) is 2.82. The van der Waals surface area contributed by atoms with Crippen LogP contribution >= 0.6 is 0 Å². The van der Waals surface area contributed by atoms with Crippen LogP contribution in [0, 0.1) is 29.6 Å². The summed E-state index contributed by atoms with van der Waals surface area (Å²) in [5.41, 5.74) is 0. The van der Waals surface area contributed by atoms with E-state index in [9.17, 15) is 4.39 Å². The Morgan fingerprint density at radius 2 is 1.82 bits per heavy atom. The molecule has 0 amide bonds. The molecule has 60 valence electrons. The zero-order valence-corrected chi connectivity index (χ0v) is 6.70. The molecule has 3 rings (SSSR count). The Labute approximate surface area is 66.5 Å². The highest BCUT2D eigenvalue weighted by Crippen LogP contribution is 2.61. The zero-order chi connectivity index (χ0) is 7.59. The summed E-state index contributed by atoms with van der Waals surface area (Å²) < 4.78 is 13.3. The number of halogens is 1. The largest absolute Gasteiger partial charge is 0.247 e. The van der Waals surface area contributed by atoms with Crippen LogP contribution in [0.1, 0.15) is 13.3 Å². The van der Waals surface area contributed by atoms with E-state index in [0.717, 1.165) is 5.92 Å². The van der Waals surface area contributed by atoms with Gasteiger partial charge in [0.2, 0.25) is 0 Å². The first kappa shape index (κ1) is 6.22.